The third-order valence-corrected chi connectivity index (χ3v) is 2.99. The number of nitrogen functional groups attached to an aromatic ring is 1. The lowest BCUT2D eigenvalue weighted by atomic mass is 10.1. The number of carbonyl (C=O) groups is 1. The molecule has 0 fully saturated rings. The Labute approximate surface area is 106 Å². The van der Waals surface area contributed by atoms with E-state index in [9.17, 15) is 4.79 Å². The van der Waals surface area contributed by atoms with Crippen LogP contribution in [0.1, 0.15) is 13.3 Å². The monoisotopic (exact) mass is 250 g/mol. The number of ether oxygens (including phenoxy) is 1. The molecule has 2 rings (SSSR count). The van der Waals surface area contributed by atoms with Crippen molar-refractivity contribution >= 4 is 17.3 Å². The molecule has 1 aliphatic heterocycles. The highest BCUT2D eigenvalue weighted by molar-refractivity contribution is 5.82. The third kappa shape index (κ3) is 2.48. The number of hydrogen-bond acceptors (Lipinski definition) is 5. The molecule has 18 heavy (non-hydrogen) atoms. The summed E-state index contributed by atoms with van der Waals surface area (Å²) in [6.07, 6.45) is 0.930. The molecule has 1 aromatic rings. The lowest BCUT2D eigenvalue weighted by Crippen LogP contribution is -2.46. The van der Waals surface area contributed by atoms with E-state index in [4.69, 9.17) is 16.3 Å². The summed E-state index contributed by atoms with van der Waals surface area (Å²) in [5, 5.41) is 0. The van der Waals surface area contributed by atoms with Crippen molar-refractivity contribution in [1.82, 2.24) is 5.43 Å². The van der Waals surface area contributed by atoms with E-state index in [2.05, 4.69) is 5.43 Å². The van der Waals surface area contributed by atoms with E-state index < -0.39 is 0 Å². The molecule has 0 aromatic heterocycles. The number of hydrogen-bond donors (Lipinski definition) is 3. The molecule has 1 unspecified atom stereocenters. The Morgan fingerprint density at radius 2 is 2.39 bits per heavy atom. The van der Waals surface area contributed by atoms with Crippen LogP contribution in [0.2, 0.25) is 0 Å². The zero-order valence-corrected chi connectivity index (χ0v) is 10.3. The second-order valence-electron chi connectivity index (χ2n) is 4.32. The molecule has 0 radical (unpaired) electrons. The van der Waals surface area contributed by atoms with Crippen LogP contribution in [0.15, 0.2) is 18.2 Å². The Morgan fingerprint density at radius 3 is 3.06 bits per heavy atom. The summed E-state index contributed by atoms with van der Waals surface area (Å²) in [4.78, 5) is 13.4. The van der Waals surface area contributed by atoms with E-state index in [0.717, 1.165) is 17.9 Å². The van der Waals surface area contributed by atoms with Gasteiger partial charge in [0.1, 0.15) is 11.9 Å². The summed E-state index contributed by atoms with van der Waals surface area (Å²) in [5.74, 6) is 5.62. The lowest BCUT2D eigenvalue weighted by Gasteiger charge is -2.35. The smallest absolute Gasteiger partial charge is 0.253 e. The Balaban J connectivity index is 2.28. The van der Waals surface area contributed by atoms with E-state index >= 15 is 0 Å². The number of benzene rings is 1. The molecule has 6 nitrogen and oxygen atoms in total. The van der Waals surface area contributed by atoms with Crippen molar-refractivity contribution in [3.63, 3.8) is 0 Å². The second kappa shape index (κ2) is 5.14. The van der Waals surface area contributed by atoms with Crippen molar-refractivity contribution in [2.75, 3.05) is 23.7 Å². The minimum atomic E-state index is -0.227. The molecule has 1 aromatic carbocycles. The van der Waals surface area contributed by atoms with Gasteiger partial charge in [-0.15, -0.1) is 0 Å². The topological polar surface area (TPSA) is 93.6 Å². The van der Waals surface area contributed by atoms with Crippen LogP contribution in [0.25, 0.3) is 0 Å². The largest absolute Gasteiger partial charge is 0.486 e. The van der Waals surface area contributed by atoms with Crippen molar-refractivity contribution in [3.8, 4) is 5.75 Å². The van der Waals surface area contributed by atoms with Gasteiger partial charge in [0.05, 0.1) is 18.8 Å². The van der Waals surface area contributed by atoms with Crippen LogP contribution in [0.5, 0.6) is 5.75 Å². The minimum absolute atomic E-state index is 0.0601. The van der Waals surface area contributed by atoms with Crippen molar-refractivity contribution in [1.29, 1.82) is 0 Å². The summed E-state index contributed by atoms with van der Waals surface area (Å²) < 4.78 is 5.82. The van der Waals surface area contributed by atoms with Crippen molar-refractivity contribution in [2.24, 2.45) is 5.84 Å². The predicted octanol–water partition coefficient (Wildman–Crippen LogP) is 0.236. The summed E-state index contributed by atoms with van der Waals surface area (Å²) in [7, 11) is 0. The van der Waals surface area contributed by atoms with Gasteiger partial charge in [0.2, 0.25) is 0 Å². The minimum Gasteiger partial charge on any atom is -0.486 e. The number of nitrogens with one attached hydrogen (secondary N) is 1. The number of anilines is 2. The van der Waals surface area contributed by atoms with Gasteiger partial charge < -0.3 is 15.4 Å². The van der Waals surface area contributed by atoms with Crippen LogP contribution in [0.4, 0.5) is 11.4 Å². The molecule has 98 valence electrons. The van der Waals surface area contributed by atoms with Crippen LogP contribution in [0.3, 0.4) is 0 Å². The van der Waals surface area contributed by atoms with E-state index in [1.54, 1.807) is 12.1 Å². The number of amides is 1. The van der Waals surface area contributed by atoms with Crippen LogP contribution in [0, 0.1) is 0 Å². The van der Waals surface area contributed by atoms with E-state index in [1.807, 2.05) is 17.9 Å². The molecule has 0 saturated carbocycles. The van der Waals surface area contributed by atoms with Gasteiger partial charge in [0, 0.05) is 11.8 Å². The second-order valence-corrected chi connectivity index (χ2v) is 4.32. The molecule has 1 heterocycles. The van der Waals surface area contributed by atoms with Crippen LogP contribution in [-0.2, 0) is 4.79 Å². The maximum Gasteiger partial charge on any atom is 0.253 e. The maximum atomic E-state index is 11.4. The van der Waals surface area contributed by atoms with Crippen molar-refractivity contribution in [2.45, 2.75) is 19.4 Å². The first-order chi connectivity index (χ1) is 8.63. The zero-order valence-electron chi connectivity index (χ0n) is 10.3. The van der Waals surface area contributed by atoms with Crippen LogP contribution in [-0.4, -0.2) is 25.1 Å². The summed E-state index contributed by atoms with van der Waals surface area (Å²) in [5.41, 5.74) is 9.40. The zero-order chi connectivity index (χ0) is 13.1. The van der Waals surface area contributed by atoms with Gasteiger partial charge in [-0.3, -0.25) is 10.2 Å². The average Bonchev–Trinajstić information content (AvgIpc) is 2.37. The van der Waals surface area contributed by atoms with Gasteiger partial charge >= 0.3 is 0 Å². The highest BCUT2D eigenvalue weighted by Gasteiger charge is 2.25. The number of hydrazine groups is 1. The molecule has 6 heteroatoms. The van der Waals surface area contributed by atoms with Gasteiger partial charge in [-0.2, -0.15) is 0 Å². The fraction of sp³-hybridized carbons (Fsp3) is 0.417. The van der Waals surface area contributed by atoms with Gasteiger partial charge in [0.15, 0.2) is 0 Å². The average molecular weight is 250 g/mol. The highest BCUT2D eigenvalue weighted by Crippen LogP contribution is 2.35. The Hall–Kier alpha value is -1.95. The molecular formula is C12H18N4O2. The van der Waals surface area contributed by atoms with Crippen molar-refractivity contribution < 1.29 is 9.53 Å². The summed E-state index contributed by atoms with van der Waals surface area (Å²) >= 11 is 0. The SMILES string of the molecule is CCC1CN(CC(=O)NN)c2ccc(N)cc2O1. The highest BCUT2D eigenvalue weighted by atomic mass is 16.5. The Morgan fingerprint density at radius 1 is 1.61 bits per heavy atom. The molecule has 1 atom stereocenters. The van der Waals surface area contributed by atoms with E-state index in [-0.39, 0.29) is 18.6 Å². The van der Waals surface area contributed by atoms with Gasteiger partial charge in [0.25, 0.3) is 5.91 Å². The fourth-order valence-electron chi connectivity index (χ4n) is 2.03. The summed E-state index contributed by atoms with van der Waals surface area (Å²) in [6, 6.07) is 5.44. The Kier molecular flexibility index (Phi) is 3.57. The number of fused-ring (bicyclic) bond motifs is 1. The van der Waals surface area contributed by atoms with Gasteiger partial charge in [-0.1, -0.05) is 6.92 Å². The standard InChI is InChI=1S/C12H18N4O2/c1-2-9-6-16(7-12(17)15-14)10-4-3-8(13)5-11(10)18-9/h3-5,9H,2,6-7,13-14H2,1H3,(H,15,17). The van der Waals surface area contributed by atoms with E-state index in [1.165, 1.54) is 0 Å². The molecule has 0 bridgehead atoms. The first kappa shape index (κ1) is 12.5. The normalized spacial score (nSPS) is 17.9. The molecule has 1 aliphatic rings. The fourth-order valence-corrected chi connectivity index (χ4v) is 2.03. The quantitative estimate of drug-likeness (QED) is 0.309. The number of nitrogens with zero attached hydrogens (tertiary/aromatic N) is 1. The van der Waals surface area contributed by atoms with Crippen molar-refractivity contribution in [3.05, 3.63) is 18.2 Å². The molecule has 0 spiro atoms. The van der Waals surface area contributed by atoms with E-state index in [0.29, 0.717) is 12.2 Å². The molecular weight excluding hydrogens is 232 g/mol. The lowest BCUT2D eigenvalue weighted by molar-refractivity contribution is -0.119. The molecule has 1 amide bonds. The molecule has 0 saturated heterocycles. The van der Waals surface area contributed by atoms with Gasteiger partial charge in [-0.25, -0.2) is 5.84 Å². The third-order valence-electron chi connectivity index (χ3n) is 2.99. The van der Waals surface area contributed by atoms with Crippen LogP contribution < -0.4 is 26.6 Å². The first-order valence-corrected chi connectivity index (χ1v) is 5.94. The maximum absolute atomic E-state index is 11.4. The van der Waals surface area contributed by atoms with Crippen LogP contribution >= 0.6 is 0 Å². The molecule has 0 aliphatic carbocycles. The van der Waals surface area contributed by atoms with Gasteiger partial charge in [-0.05, 0) is 18.6 Å². The first-order valence-electron chi connectivity index (χ1n) is 5.94. The number of nitrogens with two attached hydrogens (primary N) is 2. The Bertz CT molecular complexity index is 450. The summed E-state index contributed by atoms with van der Waals surface area (Å²) in [6.45, 7) is 2.93. The molecule has 5 N–H and O–H groups in total. The number of carbonyl (C=O) groups excluding carboxylic acids is 1. The predicted molar refractivity (Wildman–Crippen MR) is 70.1 cm³/mol. The number of rotatable bonds is 3.